The Morgan fingerprint density at radius 2 is 2.08 bits per heavy atom. The first-order valence-electron chi connectivity index (χ1n) is 7.43. The van der Waals surface area contributed by atoms with E-state index in [0.29, 0.717) is 0 Å². The number of rotatable bonds is 4. The van der Waals surface area contributed by atoms with Crippen molar-refractivity contribution in [2.24, 2.45) is 0 Å². The van der Waals surface area contributed by atoms with E-state index in [0.717, 1.165) is 23.2 Å². The number of ether oxygens (including phenoxy) is 1. The van der Waals surface area contributed by atoms with E-state index in [1.54, 1.807) is 5.38 Å². The zero-order valence-corrected chi connectivity index (χ0v) is 17.1. The second kappa shape index (κ2) is 5.73. The van der Waals surface area contributed by atoms with E-state index < -0.39 is 54.3 Å². The largest absolute Gasteiger partial charge is 0.480 e. The van der Waals surface area contributed by atoms with Gasteiger partial charge in [-0.1, -0.05) is 15.9 Å². The molecule has 1 aromatic heterocycles. The number of sulfone groups is 1. The van der Waals surface area contributed by atoms with Crippen LogP contribution >= 0.6 is 27.3 Å². The number of nitrogens with zero attached hydrogens (tertiary/aromatic N) is 2. The molecule has 0 radical (unpaired) electrons. The number of β-lactam (4-membered cyclic amide) rings is 1. The van der Waals surface area contributed by atoms with Gasteiger partial charge in [0.25, 0.3) is 0 Å². The van der Waals surface area contributed by atoms with E-state index in [1.807, 2.05) is 0 Å². The van der Waals surface area contributed by atoms with Crippen molar-refractivity contribution in [3.63, 3.8) is 0 Å². The maximum Gasteiger partial charge on any atom is 0.328 e. The third-order valence-corrected chi connectivity index (χ3v) is 9.90. The van der Waals surface area contributed by atoms with Crippen molar-refractivity contribution in [1.29, 1.82) is 0 Å². The summed E-state index contributed by atoms with van der Waals surface area (Å²) in [4.78, 5) is 41.0. The summed E-state index contributed by atoms with van der Waals surface area (Å²) in [7, 11) is -4.11. The van der Waals surface area contributed by atoms with Crippen molar-refractivity contribution >= 4 is 54.9 Å². The lowest BCUT2D eigenvalue weighted by Gasteiger charge is -2.51. The molecule has 0 bridgehead atoms. The average molecular weight is 467 g/mol. The van der Waals surface area contributed by atoms with Crippen LogP contribution in [0.3, 0.4) is 0 Å². The van der Waals surface area contributed by atoms with E-state index in [2.05, 4.69) is 20.9 Å². The fourth-order valence-corrected chi connectivity index (χ4v) is 8.12. The number of hydrogen-bond acceptors (Lipinski definition) is 8. The first kappa shape index (κ1) is 19.2. The molecule has 0 saturated carbocycles. The van der Waals surface area contributed by atoms with Crippen LogP contribution in [0.2, 0.25) is 0 Å². The Bertz CT molecular complexity index is 898. The summed E-state index contributed by atoms with van der Waals surface area (Å²) >= 11 is 4.28. The fraction of sp³-hybridized carbons (Fsp3) is 0.571. The molecule has 142 valence electrons. The van der Waals surface area contributed by atoms with Crippen LogP contribution in [0.15, 0.2) is 11.6 Å². The molecule has 2 aliphatic heterocycles. The molecule has 1 N–H and O–H groups in total. The Morgan fingerprint density at radius 1 is 1.46 bits per heavy atom. The molecule has 12 heteroatoms. The minimum atomic E-state index is -4.11. The lowest BCUT2D eigenvalue weighted by atomic mass is 9.87. The van der Waals surface area contributed by atoms with Gasteiger partial charge < -0.3 is 14.7 Å². The van der Waals surface area contributed by atoms with Crippen molar-refractivity contribution in [2.75, 3.05) is 0 Å². The smallest absolute Gasteiger partial charge is 0.328 e. The van der Waals surface area contributed by atoms with Gasteiger partial charge in [-0.25, -0.2) is 18.2 Å². The highest BCUT2D eigenvalue weighted by molar-refractivity contribution is 9.10. The summed E-state index contributed by atoms with van der Waals surface area (Å²) in [5, 5.41) is 9.82. The summed E-state index contributed by atoms with van der Waals surface area (Å²) in [6.45, 7) is 3.67. The molecular weight excluding hydrogens is 452 g/mol. The van der Waals surface area contributed by atoms with Gasteiger partial charge in [-0.15, -0.1) is 11.3 Å². The minimum Gasteiger partial charge on any atom is -0.480 e. The molecule has 0 aliphatic carbocycles. The summed E-state index contributed by atoms with van der Waals surface area (Å²) in [6, 6.07) is -1.54. The molecule has 2 aliphatic rings. The highest BCUT2D eigenvalue weighted by atomic mass is 79.9. The van der Waals surface area contributed by atoms with Crippen molar-refractivity contribution in [1.82, 2.24) is 9.88 Å². The number of carbonyl (C=O) groups is 3. The van der Waals surface area contributed by atoms with Gasteiger partial charge in [-0.05, 0) is 13.8 Å². The van der Waals surface area contributed by atoms with Gasteiger partial charge in [0.05, 0.1) is 0 Å². The maximum absolute atomic E-state index is 13.1. The molecule has 0 spiro atoms. The van der Waals surface area contributed by atoms with Gasteiger partial charge in [0.2, 0.25) is 5.91 Å². The number of carboxylic acids is 1. The first-order valence-corrected chi connectivity index (χ1v) is 10.6. The number of thiazole rings is 1. The summed E-state index contributed by atoms with van der Waals surface area (Å²) in [5.41, 5.74) is 0. The van der Waals surface area contributed by atoms with Crippen molar-refractivity contribution in [3.05, 3.63) is 16.6 Å². The predicted molar refractivity (Wildman–Crippen MR) is 93.3 cm³/mol. The van der Waals surface area contributed by atoms with Crippen LogP contribution in [-0.4, -0.2) is 61.7 Å². The number of aromatic nitrogens is 1. The topological polar surface area (TPSA) is 131 Å². The minimum absolute atomic E-state index is 0.233. The second-order valence-corrected chi connectivity index (χ2v) is 11.4. The number of amides is 1. The highest BCUT2D eigenvalue weighted by Gasteiger charge is 2.80. The van der Waals surface area contributed by atoms with Crippen LogP contribution in [0.4, 0.5) is 0 Å². The number of fused-ring (bicyclic) bond motifs is 1. The molecule has 9 nitrogen and oxygen atoms in total. The average Bonchev–Trinajstić information content (AvgIpc) is 3.08. The highest BCUT2D eigenvalue weighted by Crippen LogP contribution is 2.59. The molecule has 0 aromatic carbocycles. The summed E-state index contributed by atoms with van der Waals surface area (Å²) < 4.78 is 27.8. The summed E-state index contributed by atoms with van der Waals surface area (Å²) in [6.07, 6.45) is 0.132. The Hall–Kier alpha value is -1.53. The van der Waals surface area contributed by atoms with Gasteiger partial charge in [0.15, 0.2) is 25.6 Å². The van der Waals surface area contributed by atoms with Crippen molar-refractivity contribution in [2.45, 2.75) is 47.4 Å². The molecule has 2 saturated heterocycles. The number of aliphatic carboxylic acids is 1. The monoisotopic (exact) mass is 466 g/mol. The van der Waals surface area contributed by atoms with Crippen LogP contribution in [0.25, 0.3) is 0 Å². The number of hydrogen-bond donors (Lipinski definition) is 1. The third-order valence-electron chi connectivity index (χ3n) is 4.71. The SMILES string of the molecule is CC(=O)OC(c1nccs1)C1(Br)C(=O)N2[C@@H](C(=O)O)C(C)(C)S(=O)(=O)[C@@H]21. The quantitative estimate of drug-likeness (QED) is 0.389. The molecule has 1 aromatic rings. The molecule has 3 heterocycles. The van der Waals surface area contributed by atoms with E-state index in [-0.39, 0.29) is 5.01 Å². The molecule has 3 rings (SSSR count). The van der Waals surface area contributed by atoms with Gasteiger partial charge in [-0.2, -0.15) is 0 Å². The fourth-order valence-electron chi connectivity index (χ4n) is 3.46. The number of carbonyl (C=O) groups excluding carboxylic acids is 2. The van der Waals surface area contributed by atoms with E-state index in [9.17, 15) is 27.9 Å². The van der Waals surface area contributed by atoms with Gasteiger partial charge in [-0.3, -0.25) is 9.59 Å². The Morgan fingerprint density at radius 3 is 2.54 bits per heavy atom. The van der Waals surface area contributed by atoms with Crippen molar-refractivity contribution < 1.29 is 32.6 Å². The van der Waals surface area contributed by atoms with Gasteiger partial charge in [0, 0.05) is 18.5 Å². The van der Waals surface area contributed by atoms with E-state index >= 15 is 0 Å². The van der Waals surface area contributed by atoms with E-state index in [1.165, 1.54) is 20.0 Å². The Balaban J connectivity index is 2.16. The number of carboxylic acid groups (broad SMARTS) is 1. The second-order valence-electron chi connectivity index (χ2n) is 6.58. The van der Waals surface area contributed by atoms with Crippen LogP contribution in [0.5, 0.6) is 0 Å². The molecule has 4 atom stereocenters. The lowest BCUT2D eigenvalue weighted by molar-refractivity contribution is -0.170. The Labute approximate surface area is 161 Å². The van der Waals surface area contributed by atoms with E-state index in [4.69, 9.17) is 4.74 Å². The number of alkyl halides is 1. The third kappa shape index (κ3) is 2.21. The molecular formula is C14H15BrN2O7S2. The van der Waals surface area contributed by atoms with Gasteiger partial charge in [0.1, 0.15) is 15.8 Å². The predicted octanol–water partition coefficient (Wildman–Crippen LogP) is 0.710. The number of halogens is 1. The number of esters is 1. The normalized spacial score (nSPS) is 32.5. The standard InChI is InChI=1S/C14H15BrN2O7S2/c1-6(18)24-8(9-16-4-5-25-9)14(15)11(21)17-7(10(19)20)13(2,3)26(22,23)12(14)17/h4-5,7-8,12H,1-3H3,(H,19,20)/t7-,8?,12+,14?/m0/s1. The lowest BCUT2D eigenvalue weighted by Crippen LogP contribution is -2.74. The van der Waals surface area contributed by atoms with Crippen LogP contribution in [0.1, 0.15) is 31.9 Å². The summed E-state index contributed by atoms with van der Waals surface area (Å²) in [5.74, 6) is -2.91. The molecule has 2 fully saturated rings. The Kier molecular flexibility index (Phi) is 4.24. The zero-order chi connectivity index (χ0) is 19.7. The van der Waals surface area contributed by atoms with Crippen molar-refractivity contribution in [3.8, 4) is 0 Å². The maximum atomic E-state index is 13.1. The molecule has 1 amide bonds. The van der Waals surface area contributed by atoms with Crippen LogP contribution in [0, 0.1) is 0 Å². The van der Waals surface area contributed by atoms with Gasteiger partial charge >= 0.3 is 11.9 Å². The van der Waals surface area contributed by atoms with Crippen LogP contribution in [-0.2, 0) is 29.0 Å². The first-order chi connectivity index (χ1) is 11.9. The molecule has 26 heavy (non-hydrogen) atoms. The molecule has 2 unspecified atom stereocenters. The van der Waals surface area contributed by atoms with Crippen LogP contribution < -0.4 is 0 Å². The zero-order valence-electron chi connectivity index (χ0n) is 13.9.